The molecule has 0 aromatic carbocycles. The number of methoxy groups -OCH3 is 1. The van der Waals surface area contributed by atoms with Crippen LogP contribution in [0.25, 0.3) is 0 Å². The second-order valence-corrected chi connectivity index (χ2v) is 6.84. The van der Waals surface area contributed by atoms with Gasteiger partial charge in [-0.05, 0) is 19.4 Å². The van der Waals surface area contributed by atoms with Crippen LogP contribution in [0.4, 0.5) is 0 Å². The van der Waals surface area contributed by atoms with Gasteiger partial charge in [0.2, 0.25) is 0 Å². The Morgan fingerprint density at radius 3 is 2.95 bits per heavy atom. The molecule has 5 heteroatoms. The molecule has 2 unspecified atom stereocenters. The minimum Gasteiger partial charge on any atom is -0.493 e. The van der Waals surface area contributed by atoms with Gasteiger partial charge in [-0.15, -0.1) is 0 Å². The Balaban J connectivity index is 1.97. The van der Waals surface area contributed by atoms with Crippen molar-refractivity contribution < 1.29 is 13.7 Å². The fraction of sp³-hybridized carbons (Fsp3) is 0.471. The maximum atomic E-state index is 12.5. The van der Waals surface area contributed by atoms with Gasteiger partial charge < -0.3 is 9.47 Å². The standard InChI is InChI=1S/C17H23NO3S/c1-14-16(13-22(19)15-7-4-3-5-8-15)18-10-9-17(14)21-12-6-11-20-2/h3-5,7,9-10,15H,6,8,11-13H2,1-2H3. The molecular formula is C17H23NO3S. The van der Waals surface area contributed by atoms with Crippen LogP contribution in [0.5, 0.6) is 5.75 Å². The third kappa shape index (κ3) is 4.78. The first-order chi connectivity index (χ1) is 10.7. The van der Waals surface area contributed by atoms with E-state index >= 15 is 0 Å². The third-order valence-electron chi connectivity index (χ3n) is 3.57. The summed E-state index contributed by atoms with van der Waals surface area (Å²) >= 11 is 0. The van der Waals surface area contributed by atoms with E-state index in [-0.39, 0.29) is 5.25 Å². The number of ether oxygens (including phenoxy) is 2. The lowest BCUT2D eigenvalue weighted by Crippen LogP contribution is -2.16. The molecule has 1 aliphatic carbocycles. The van der Waals surface area contributed by atoms with E-state index in [1.165, 1.54) is 0 Å². The average molecular weight is 321 g/mol. The van der Waals surface area contributed by atoms with Crippen LogP contribution in [-0.2, 0) is 21.3 Å². The van der Waals surface area contributed by atoms with Gasteiger partial charge in [-0.2, -0.15) is 0 Å². The van der Waals surface area contributed by atoms with Crippen molar-refractivity contribution >= 4 is 10.8 Å². The molecule has 1 aromatic rings. The molecule has 120 valence electrons. The molecule has 0 bridgehead atoms. The lowest BCUT2D eigenvalue weighted by atomic mass is 10.2. The molecule has 0 radical (unpaired) electrons. The highest BCUT2D eigenvalue weighted by molar-refractivity contribution is 7.85. The zero-order valence-corrected chi connectivity index (χ0v) is 14.0. The number of aromatic nitrogens is 1. The average Bonchev–Trinajstić information content (AvgIpc) is 2.55. The van der Waals surface area contributed by atoms with Crippen molar-refractivity contribution in [3.05, 3.63) is 47.8 Å². The molecule has 22 heavy (non-hydrogen) atoms. The Labute approximate surface area is 134 Å². The first-order valence-electron chi connectivity index (χ1n) is 7.49. The molecule has 0 N–H and O–H groups in total. The van der Waals surface area contributed by atoms with Crippen molar-refractivity contribution in [3.8, 4) is 5.75 Å². The summed E-state index contributed by atoms with van der Waals surface area (Å²) in [7, 11) is 0.720. The summed E-state index contributed by atoms with van der Waals surface area (Å²) in [6, 6.07) is 1.86. The summed E-state index contributed by atoms with van der Waals surface area (Å²) in [6.07, 6.45) is 11.4. The smallest absolute Gasteiger partial charge is 0.125 e. The Morgan fingerprint density at radius 1 is 1.36 bits per heavy atom. The van der Waals surface area contributed by atoms with Crippen LogP contribution < -0.4 is 4.74 Å². The lowest BCUT2D eigenvalue weighted by molar-refractivity contribution is 0.172. The zero-order valence-electron chi connectivity index (χ0n) is 13.2. The Morgan fingerprint density at radius 2 is 2.23 bits per heavy atom. The number of pyridine rings is 1. The Bertz CT molecular complexity index is 569. The first kappa shape index (κ1) is 16.9. The largest absolute Gasteiger partial charge is 0.493 e. The van der Waals surface area contributed by atoms with Crippen LogP contribution in [0.2, 0.25) is 0 Å². The molecule has 0 amide bonds. The van der Waals surface area contributed by atoms with Gasteiger partial charge in [-0.25, -0.2) is 0 Å². The number of hydrogen-bond acceptors (Lipinski definition) is 4. The highest BCUT2D eigenvalue weighted by Gasteiger charge is 2.17. The van der Waals surface area contributed by atoms with Crippen molar-refractivity contribution in [1.82, 2.24) is 4.98 Å². The van der Waals surface area contributed by atoms with Crippen molar-refractivity contribution in [1.29, 1.82) is 0 Å². The summed E-state index contributed by atoms with van der Waals surface area (Å²) in [5, 5.41) is 0.0810. The normalized spacial score (nSPS) is 18.4. The van der Waals surface area contributed by atoms with E-state index in [0.717, 1.165) is 29.8 Å². The summed E-state index contributed by atoms with van der Waals surface area (Å²) in [4.78, 5) is 4.38. The maximum absolute atomic E-state index is 12.5. The predicted octanol–water partition coefficient (Wildman–Crippen LogP) is 2.94. The van der Waals surface area contributed by atoms with Gasteiger partial charge >= 0.3 is 0 Å². The van der Waals surface area contributed by atoms with E-state index in [0.29, 0.717) is 19.0 Å². The van der Waals surface area contributed by atoms with E-state index in [1.807, 2.05) is 31.2 Å². The molecular weight excluding hydrogens is 298 g/mol. The first-order valence-corrected chi connectivity index (χ1v) is 8.87. The van der Waals surface area contributed by atoms with Gasteiger partial charge in [0.25, 0.3) is 0 Å². The number of hydrogen-bond donors (Lipinski definition) is 0. The number of allylic oxidation sites excluding steroid dienone is 3. The fourth-order valence-electron chi connectivity index (χ4n) is 2.24. The minimum absolute atomic E-state index is 0.0810. The molecule has 4 nitrogen and oxygen atoms in total. The molecule has 0 fully saturated rings. The molecule has 1 heterocycles. The van der Waals surface area contributed by atoms with Gasteiger partial charge in [0, 0.05) is 42.7 Å². The fourth-order valence-corrected chi connectivity index (χ4v) is 3.61. The minimum atomic E-state index is -0.961. The molecule has 0 spiro atoms. The molecule has 1 aromatic heterocycles. The molecule has 0 saturated heterocycles. The molecule has 2 rings (SSSR count). The third-order valence-corrected chi connectivity index (χ3v) is 5.15. The second kappa shape index (κ2) is 8.86. The van der Waals surface area contributed by atoms with Crippen LogP contribution in [-0.4, -0.2) is 34.8 Å². The van der Waals surface area contributed by atoms with E-state index in [9.17, 15) is 4.21 Å². The van der Waals surface area contributed by atoms with Crippen LogP contribution in [0.1, 0.15) is 24.1 Å². The maximum Gasteiger partial charge on any atom is 0.125 e. The van der Waals surface area contributed by atoms with Gasteiger partial charge in [0.05, 0.1) is 23.3 Å². The lowest BCUT2D eigenvalue weighted by Gasteiger charge is -2.15. The second-order valence-electron chi connectivity index (χ2n) is 5.19. The van der Waals surface area contributed by atoms with Crippen LogP contribution in [0, 0.1) is 6.92 Å². The van der Waals surface area contributed by atoms with Crippen molar-refractivity contribution in [3.63, 3.8) is 0 Å². The summed E-state index contributed by atoms with van der Waals surface area (Å²) in [5.41, 5.74) is 1.83. The predicted molar refractivity (Wildman–Crippen MR) is 89.5 cm³/mol. The van der Waals surface area contributed by atoms with E-state index in [1.54, 1.807) is 13.3 Å². The van der Waals surface area contributed by atoms with Gasteiger partial charge in [-0.1, -0.05) is 24.3 Å². The van der Waals surface area contributed by atoms with Crippen molar-refractivity contribution in [2.45, 2.75) is 30.8 Å². The van der Waals surface area contributed by atoms with Crippen molar-refractivity contribution in [2.75, 3.05) is 20.3 Å². The summed E-state index contributed by atoms with van der Waals surface area (Å²) in [6.45, 7) is 3.27. The SMILES string of the molecule is COCCCOc1ccnc(CS(=O)C2C=CC=CC2)c1C. The summed E-state index contributed by atoms with van der Waals surface area (Å²) < 4.78 is 23.2. The molecule has 0 aliphatic heterocycles. The Kier molecular flexibility index (Phi) is 6.80. The highest BCUT2D eigenvalue weighted by Crippen LogP contribution is 2.22. The van der Waals surface area contributed by atoms with Gasteiger partial charge in [0.15, 0.2) is 0 Å². The molecule has 2 atom stereocenters. The molecule has 0 saturated carbocycles. The number of rotatable bonds is 8. The van der Waals surface area contributed by atoms with E-state index in [2.05, 4.69) is 11.1 Å². The summed E-state index contributed by atoms with van der Waals surface area (Å²) in [5.74, 6) is 1.28. The van der Waals surface area contributed by atoms with E-state index in [4.69, 9.17) is 9.47 Å². The quantitative estimate of drug-likeness (QED) is 0.691. The van der Waals surface area contributed by atoms with Gasteiger partial charge in [-0.3, -0.25) is 9.19 Å². The van der Waals surface area contributed by atoms with Crippen molar-refractivity contribution in [2.24, 2.45) is 0 Å². The number of nitrogens with zero attached hydrogens (tertiary/aromatic N) is 1. The van der Waals surface area contributed by atoms with Crippen LogP contribution in [0.15, 0.2) is 36.6 Å². The van der Waals surface area contributed by atoms with Crippen LogP contribution >= 0.6 is 0 Å². The van der Waals surface area contributed by atoms with Gasteiger partial charge in [0.1, 0.15) is 5.75 Å². The topological polar surface area (TPSA) is 48.4 Å². The monoisotopic (exact) mass is 321 g/mol. The molecule has 1 aliphatic rings. The zero-order chi connectivity index (χ0) is 15.8. The Hall–Kier alpha value is -1.46. The van der Waals surface area contributed by atoms with Crippen LogP contribution in [0.3, 0.4) is 0 Å². The highest BCUT2D eigenvalue weighted by atomic mass is 32.2. The van der Waals surface area contributed by atoms with E-state index < -0.39 is 10.8 Å².